The van der Waals surface area contributed by atoms with Gasteiger partial charge in [0, 0.05) is 30.0 Å². The van der Waals surface area contributed by atoms with Crippen LogP contribution in [0.25, 0.3) is 11.1 Å². The normalized spacial score (nSPS) is 13.2. The van der Waals surface area contributed by atoms with E-state index in [-0.39, 0.29) is 11.2 Å². The Balaban J connectivity index is 2.18. The molecule has 110 valence electrons. The van der Waals surface area contributed by atoms with Gasteiger partial charge < -0.3 is 4.57 Å². The van der Waals surface area contributed by atoms with Crippen molar-refractivity contribution in [3.63, 3.8) is 0 Å². The van der Waals surface area contributed by atoms with Crippen LogP contribution in [-0.2, 0) is 6.54 Å². The number of rotatable bonds is 2. The Hall–Kier alpha value is -2.59. The molecule has 1 N–H and O–H groups in total. The predicted molar refractivity (Wildman–Crippen MR) is 82.4 cm³/mol. The number of thioether (sulfide) groups is 1. The molecule has 3 rings (SSSR count). The number of nitro groups is 1. The quantitative estimate of drug-likeness (QED) is 0.681. The lowest BCUT2D eigenvalue weighted by atomic mass is 10.0. The predicted octanol–water partition coefficient (Wildman–Crippen LogP) is 2.91. The van der Waals surface area contributed by atoms with Crippen molar-refractivity contribution in [2.24, 2.45) is 0 Å². The summed E-state index contributed by atoms with van der Waals surface area (Å²) in [7, 11) is 0. The molecule has 0 amide bonds. The van der Waals surface area contributed by atoms with E-state index in [1.165, 1.54) is 12.1 Å². The van der Waals surface area contributed by atoms with Gasteiger partial charge in [0.05, 0.1) is 9.95 Å². The van der Waals surface area contributed by atoms with Crippen LogP contribution < -0.4 is 5.49 Å². The van der Waals surface area contributed by atoms with Gasteiger partial charge in [-0.3, -0.25) is 15.5 Å². The molecule has 0 saturated heterocycles. The summed E-state index contributed by atoms with van der Waals surface area (Å²) in [5, 5.41) is 29.3. The number of fused-ring (bicyclic) bond motifs is 1. The summed E-state index contributed by atoms with van der Waals surface area (Å²) in [6.45, 7) is 0.746. The maximum atomic E-state index is 10.7. The molecule has 1 aliphatic heterocycles. The summed E-state index contributed by atoms with van der Waals surface area (Å²) in [4.78, 5) is 10.3. The minimum absolute atomic E-state index is 0.00932. The lowest BCUT2D eigenvalue weighted by Crippen LogP contribution is -2.27. The van der Waals surface area contributed by atoms with Crippen molar-refractivity contribution in [3.05, 3.63) is 51.5 Å². The highest BCUT2D eigenvalue weighted by Crippen LogP contribution is 2.30. The molecule has 0 saturated carbocycles. The number of hydrogen-bond acceptors (Lipinski definition) is 5. The summed E-state index contributed by atoms with van der Waals surface area (Å²) in [5.74, 6) is 0.991. The maximum Gasteiger partial charge on any atom is 0.269 e. The number of nitrogens with one attached hydrogen (secondary N) is 1. The van der Waals surface area contributed by atoms with E-state index in [0.29, 0.717) is 16.7 Å². The number of nitriles is 1. The molecule has 22 heavy (non-hydrogen) atoms. The lowest BCUT2D eigenvalue weighted by molar-refractivity contribution is -0.384. The van der Waals surface area contributed by atoms with Crippen molar-refractivity contribution in [2.75, 3.05) is 5.75 Å². The molecule has 1 aromatic heterocycles. The van der Waals surface area contributed by atoms with Crippen LogP contribution >= 0.6 is 11.8 Å². The van der Waals surface area contributed by atoms with E-state index < -0.39 is 4.92 Å². The average molecular weight is 312 g/mol. The summed E-state index contributed by atoms with van der Waals surface area (Å²) in [6.07, 6.45) is 0.982. The number of pyridine rings is 1. The van der Waals surface area contributed by atoms with Crippen LogP contribution in [0.5, 0.6) is 0 Å². The third-order valence-electron chi connectivity index (χ3n) is 3.59. The van der Waals surface area contributed by atoms with Crippen molar-refractivity contribution in [3.8, 4) is 17.2 Å². The Kier molecular flexibility index (Phi) is 3.69. The second-order valence-electron chi connectivity index (χ2n) is 4.89. The number of non-ortho nitro benzene ring substituents is 1. The van der Waals surface area contributed by atoms with Gasteiger partial charge in [0.15, 0.2) is 0 Å². The Morgan fingerprint density at radius 1 is 1.36 bits per heavy atom. The first kappa shape index (κ1) is 14.4. The summed E-state index contributed by atoms with van der Waals surface area (Å²) in [6, 6.07) is 10.1. The molecule has 6 nitrogen and oxygen atoms in total. The van der Waals surface area contributed by atoms with Crippen LogP contribution in [0.4, 0.5) is 5.69 Å². The smallest absolute Gasteiger partial charge is 0.269 e. The molecular formula is C15H12N4O2S. The largest absolute Gasteiger partial charge is 0.320 e. The van der Waals surface area contributed by atoms with Crippen LogP contribution in [0.2, 0.25) is 0 Å². The fraction of sp³-hybridized carbons (Fsp3) is 0.200. The van der Waals surface area contributed by atoms with Crippen molar-refractivity contribution >= 4 is 17.4 Å². The molecule has 0 fully saturated rings. The molecule has 1 aliphatic rings. The molecule has 2 aromatic rings. The molecule has 0 atom stereocenters. The van der Waals surface area contributed by atoms with Crippen molar-refractivity contribution in [1.29, 1.82) is 10.7 Å². The zero-order chi connectivity index (χ0) is 15.7. The van der Waals surface area contributed by atoms with E-state index in [4.69, 9.17) is 5.41 Å². The third-order valence-corrected chi connectivity index (χ3v) is 4.71. The fourth-order valence-corrected chi connectivity index (χ4v) is 3.51. The zero-order valence-electron chi connectivity index (χ0n) is 11.6. The Labute approximate surface area is 130 Å². The first-order valence-electron chi connectivity index (χ1n) is 6.72. The summed E-state index contributed by atoms with van der Waals surface area (Å²) >= 11 is 1.66. The van der Waals surface area contributed by atoms with E-state index in [9.17, 15) is 15.4 Å². The fourth-order valence-electron chi connectivity index (χ4n) is 2.49. The average Bonchev–Trinajstić information content (AvgIpc) is 2.55. The molecule has 0 radical (unpaired) electrons. The topological polar surface area (TPSA) is 95.7 Å². The van der Waals surface area contributed by atoms with Gasteiger partial charge in [-0.2, -0.15) is 5.26 Å². The van der Waals surface area contributed by atoms with Gasteiger partial charge in [-0.25, -0.2) is 0 Å². The van der Waals surface area contributed by atoms with Crippen molar-refractivity contribution < 1.29 is 4.92 Å². The van der Waals surface area contributed by atoms with Gasteiger partial charge in [-0.15, -0.1) is 11.8 Å². The van der Waals surface area contributed by atoms with Gasteiger partial charge in [-0.05, 0) is 30.2 Å². The van der Waals surface area contributed by atoms with Gasteiger partial charge in [0.1, 0.15) is 17.1 Å². The summed E-state index contributed by atoms with van der Waals surface area (Å²) in [5.41, 5.74) is 1.89. The number of hydrogen-bond donors (Lipinski definition) is 1. The number of nitrogens with zero attached hydrogens (tertiary/aromatic N) is 3. The van der Waals surface area contributed by atoms with Crippen LogP contribution in [0.1, 0.15) is 12.0 Å². The first-order valence-corrected chi connectivity index (χ1v) is 7.70. The van der Waals surface area contributed by atoms with E-state index in [1.807, 2.05) is 10.6 Å². The molecular weight excluding hydrogens is 300 g/mol. The van der Waals surface area contributed by atoms with E-state index in [0.717, 1.165) is 23.7 Å². The van der Waals surface area contributed by atoms with Crippen LogP contribution in [-0.4, -0.2) is 15.2 Å². The van der Waals surface area contributed by atoms with Gasteiger partial charge >= 0.3 is 0 Å². The highest BCUT2D eigenvalue weighted by Gasteiger charge is 2.17. The van der Waals surface area contributed by atoms with Crippen LogP contribution in [0.3, 0.4) is 0 Å². The molecule has 0 spiro atoms. The molecule has 0 aliphatic carbocycles. The Morgan fingerprint density at radius 3 is 2.73 bits per heavy atom. The first-order chi connectivity index (χ1) is 10.6. The van der Waals surface area contributed by atoms with Gasteiger partial charge in [0.25, 0.3) is 5.69 Å². The zero-order valence-corrected chi connectivity index (χ0v) is 12.4. The lowest BCUT2D eigenvalue weighted by Gasteiger charge is -2.20. The standard InChI is InChI=1S/C15H12N4O2S/c16-9-13-12(10-2-4-11(5-3-10)19(20)21)8-14-18(15(13)17)6-1-7-22-14/h2-5,8,17H,1,6-7H2. The SMILES string of the molecule is N#Cc1c(-c2ccc([N+](=O)[O-])cc2)cc2n(c1=N)CCCS2. The third kappa shape index (κ3) is 2.38. The maximum absolute atomic E-state index is 10.7. The minimum Gasteiger partial charge on any atom is -0.320 e. The van der Waals surface area contributed by atoms with Crippen LogP contribution in [0, 0.1) is 26.9 Å². The van der Waals surface area contributed by atoms with E-state index in [2.05, 4.69) is 6.07 Å². The van der Waals surface area contributed by atoms with Gasteiger partial charge in [-0.1, -0.05) is 0 Å². The summed E-state index contributed by atoms with van der Waals surface area (Å²) < 4.78 is 1.85. The molecule has 0 bridgehead atoms. The van der Waals surface area contributed by atoms with Crippen LogP contribution in [0.15, 0.2) is 35.4 Å². The highest BCUT2D eigenvalue weighted by molar-refractivity contribution is 7.99. The second kappa shape index (κ2) is 5.66. The number of nitro benzene ring substituents is 1. The van der Waals surface area contributed by atoms with E-state index in [1.54, 1.807) is 23.9 Å². The minimum atomic E-state index is -0.455. The van der Waals surface area contributed by atoms with Gasteiger partial charge in [0.2, 0.25) is 0 Å². The Bertz CT molecular complexity index is 850. The monoisotopic (exact) mass is 312 g/mol. The van der Waals surface area contributed by atoms with Crippen molar-refractivity contribution in [2.45, 2.75) is 18.0 Å². The molecule has 1 aromatic carbocycles. The second-order valence-corrected chi connectivity index (χ2v) is 6.00. The molecule has 2 heterocycles. The number of aromatic nitrogens is 1. The number of benzene rings is 1. The molecule has 7 heteroatoms. The molecule has 0 unspecified atom stereocenters. The van der Waals surface area contributed by atoms with Crippen molar-refractivity contribution in [1.82, 2.24) is 4.57 Å². The Morgan fingerprint density at radius 2 is 2.09 bits per heavy atom. The van der Waals surface area contributed by atoms with E-state index >= 15 is 0 Å². The highest BCUT2D eigenvalue weighted by atomic mass is 32.2.